The number of ether oxygens (including phenoxy) is 3. The number of carbonyl (C=O) groups is 2. The largest absolute Gasteiger partial charge is 0.458 e. The van der Waals surface area contributed by atoms with Crippen molar-refractivity contribution in [1.82, 2.24) is 0 Å². The number of carbonyl (C=O) groups excluding carboxylic acids is 2. The molecular weight excluding hydrogens is 352 g/mol. The van der Waals surface area contributed by atoms with Gasteiger partial charge >= 0.3 is 11.9 Å². The zero-order valence-corrected chi connectivity index (χ0v) is 15.6. The topological polar surface area (TPSA) is 102 Å². The molecule has 0 radical (unpaired) electrons. The van der Waals surface area contributed by atoms with Crippen LogP contribution in [0.2, 0.25) is 0 Å². The molecule has 3 heterocycles. The molecule has 3 rings (SSSR count). The molecule has 0 aromatic rings. The predicted octanol–water partition coefficient (Wildman–Crippen LogP) is 1.32. The summed E-state index contributed by atoms with van der Waals surface area (Å²) in [6, 6.07) is 0. The normalized spacial score (nSPS) is 40.4. The van der Waals surface area contributed by atoms with Crippen molar-refractivity contribution in [2.75, 3.05) is 6.61 Å². The Bertz CT molecular complexity index is 777. The first kappa shape index (κ1) is 19.5. The number of fused-ring (bicyclic) bond motifs is 3. The lowest BCUT2D eigenvalue weighted by molar-refractivity contribution is -0.191. The van der Waals surface area contributed by atoms with E-state index in [2.05, 4.69) is 6.58 Å². The summed E-state index contributed by atoms with van der Waals surface area (Å²) in [6.07, 6.45) is 4.76. The van der Waals surface area contributed by atoms with Crippen LogP contribution < -0.4 is 0 Å². The van der Waals surface area contributed by atoms with E-state index in [0.717, 1.165) is 0 Å². The van der Waals surface area contributed by atoms with Gasteiger partial charge < -0.3 is 24.4 Å². The fourth-order valence-corrected chi connectivity index (χ4v) is 3.65. The van der Waals surface area contributed by atoms with Crippen molar-refractivity contribution in [3.05, 3.63) is 47.6 Å². The van der Waals surface area contributed by atoms with Gasteiger partial charge in [-0.3, -0.25) is 0 Å². The second kappa shape index (κ2) is 6.74. The maximum atomic E-state index is 12.4. The van der Waals surface area contributed by atoms with E-state index in [4.69, 9.17) is 14.2 Å². The predicted molar refractivity (Wildman–Crippen MR) is 95.2 cm³/mol. The molecule has 0 spiro atoms. The van der Waals surface area contributed by atoms with Gasteiger partial charge in [-0.2, -0.15) is 0 Å². The van der Waals surface area contributed by atoms with Crippen molar-refractivity contribution in [1.29, 1.82) is 0 Å². The van der Waals surface area contributed by atoms with E-state index >= 15 is 0 Å². The van der Waals surface area contributed by atoms with Crippen molar-refractivity contribution in [3.8, 4) is 0 Å². The van der Waals surface area contributed by atoms with E-state index < -0.39 is 48.1 Å². The molecular formula is C20H24O7. The minimum atomic E-state index is -1.82. The van der Waals surface area contributed by atoms with Crippen LogP contribution in [0.1, 0.15) is 27.2 Å². The molecule has 0 saturated carbocycles. The lowest BCUT2D eigenvalue weighted by Gasteiger charge is -2.33. The van der Waals surface area contributed by atoms with E-state index in [9.17, 15) is 19.8 Å². The van der Waals surface area contributed by atoms with E-state index in [1.807, 2.05) is 0 Å². The van der Waals surface area contributed by atoms with Gasteiger partial charge in [-0.05, 0) is 32.9 Å². The Morgan fingerprint density at radius 1 is 1.48 bits per heavy atom. The average molecular weight is 376 g/mol. The van der Waals surface area contributed by atoms with Crippen LogP contribution in [0.15, 0.2) is 47.6 Å². The number of aliphatic hydroxyl groups excluding tert-OH is 1. The molecule has 3 aliphatic heterocycles. The SMILES string of the molecule is C=C1C(=O)O[C@@H]2/C=C(/CO)[C@@]3(O)C=C[C@@](C)(C[C@@H](OC(=O)/C(C)=C\C)[C@@H]12)O3. The summed E-state index contributed by atoms with van der Waals surface area (Å²) >= 11 is 0. The third-order valence-electron chi connectivity index (χ3n) is 5.33. The van der Waals surface area contributed by atoms with Gasteiger partial charge in [-0.1, -0.05) is 18.7 Å². The molecule has 0 aliphatic carbocycles. The quantitative estimate of drug-likeness (QED) is 0.435. The Kier molecular flexibility index (Phi) is 4.88. The number of allylic oxidation sites excluding steroid dienone is 1. The van der Waals surface area contributed by atoms with Gasteiger partial charge in [-0.25, -0.2) is 9.59 Å². The van der Waals surface area contributed by atoms with Gasteiger partial charge in [0, 0.05) is 23.1 Å². The maximum absolute atomic E-state index is 12.4. The van der Waals surface area contributed by atoms with Gasteiger partial charge in [0.15, 0.2) is 0 Å². The molecule has 1 saturated heterocycles. The first-order valence-corrected chi connectivity index (χ1v) is 8.81. The Morgan fingerprint density at radius 2 is 2.19 bits per heavy atom. The number of hydrogen-bond acceptors (Lipinski definition) is 7. The molecule has 5 atom stereocenters. The second-order valence-corrected chi connectivity index (χ2v) is 7.34. The summed E-state index contributed by atoms with van der Waals surface area (Å²) in [5.41, 5.74) is -0.213. The van der Waals surface area contributed by atoms with Gasteiger partial charge in [-0.15, -0.1) is 0 Å². The van der Waals surface area contributed by atoms with Gasteiger partial charge in [0.2, 0.25) is 5.79 Å². The summed E-state index contributed by atoms with van der Waals surface area (Å²) < 4.78 is 16.9. The molecule has 3 aliphatic rings. The van der Waals surface area contributed by atoms with Gasteiger partial charge in [0.1, 0.15) is 12.2 Å². The zero-order chi connectivity index (χ0) is 20.0. The first-order valence-electron chi connectivity index (χ1n) is 8.81. The lowest BCUT2D eigenvalue weighted by atomic mass is 9.83. The van der Waals surface area contributed by atoms with E-state index in [0.29, 0.717) is 5.57 Å². The van der Waals surface area contributed by atoms with Crippen LogP contribution in [0.25, 0.3) is 0 Å². The number of aliphatic hydroxyl groups is 2. The zero-order valence-electron chi connectivity index (χ0n) is 15.6. The summed E-state index contributed by atoms with van der Waals surface area (Å²) in [7, 11) is 0. The fourth-order valence-electron chi connectivity index (χ4n) is 3.65. The molecule has 0 aromatic carbocycles. The highest BCUT2D eigenvalue weighted by Crippen LogP contribution is 2.44. The minimum absolute atomic E-state index is 0.150. The van der Waals surface area contributed by atoms with Crippen LogP contribution in [-0.2, 0) is 23.8 Å². The summed E-state index contributed by atoms with van der Waals surface area (Å²) in [6.45, 7) is 8.41. The van der Waals surface area contributed by atoms with Crippen molar-refractivity contribution in [2.24, 2.45) is 5.92 Å². The molecule has 7 heteroatoms. The molecule has 0 amide bonds. The van der Waals surface area contributed by atoms with Crippen molar-refractivity contribution in [2.45, 2.75) is 50.8 Å². The van der Waals surface area contributed by atoms with E-state index in [1.165, 1.54) is 12.2 Å². The molecule has 2 bridgehead atoms. The molecule has 7 nitrogen and oxygen atoms in total. The van der Waals surface area contributed by atoms with Gasteiger partial charge in [0.05, 0.1) is 18.1 Å². The smallest absolute Gasteiger partial charge is 0.334 e. The Labute approximate surface area is 157 Å². The molecule has 2 N–H and O–H groups in total. The van der Waals surface area contributed by atoms with Crippen LogP contribution in [0.5, 0.6) is 0 Å². The number of esters is 2. The lowest BCUT2D eigenvalue weighted by Crippen LogP contribution is -2.41. The number of rotatable bonds is 3. The summed E-state index contributed by atoms with van der Waals surface area (Å²) in [5, 5.41) is 20.5. The second-order valence-electron chi connectivity index (χ2n) is 7.34. The molecule has 1 fully saturated rings. The number of hydrogen-bond donors (Lipinski definition) is 2. The monoisotopic (exact) mass is 376 g/mol. The van der Waals surface area contributed by atoms with Crippen LogP contribution >= 0.6 is 0 Å². The maximum Gasteiger partial charge on any atom is 0.334 e. The Morgan fingerprint density at radius 3 is 2.81 bits per heavy atom. The van der Waals surface area contributed by atoms with Crippen molar-refractivity contribution >= 4 is 11.9 Å². The first-order chi connectivity index (χ1) is 12.6. The van der Waals surface area contributed by atoms with Crippen LogP contribution in [0.4, 0.5) is 0 Å². The highest BCUT2D eigenvalue weighted by Gasteiger charge is 2.52. The van der Waals surface area contributed by atoms with Crippen molar-refractivity contribution in [3.63, 3.8) is 0 Å². The Balaban J connectivity index is 2.07. The fraction of sp³-hybridized carbons (Fsp3) is 0.500. The molecule has 27 heavy (non-hydrogen) atoms. The van der Waals surface area contributed by atoms with Crippen LogP contribution in [-0.4, -0.2) is 52.4 Å². The van der Waals surface area contributed by atoms with E-state index in [-0.39, 0.29) is 17.6 Å². The van der Waals surface area contributed by atoms with Crippen LogP contribution in [0.3, 0.4) is 0 Å². The summed E-state index contributed by atoms with van der Waals surface area (Å²) in [4.78, 5) is 24.5. The minimum Gasteiger partial charge on any atom is -0.458 e. The average Bonchev–Trinajstić information content (AvgIpc) is 3.08. The van der Waals surface area contributed by atoms with E-state index in [1.54, 1.807) is 32.9 Å². The molecule has 0 unspecified atom stereocenters. The third-order valence-corrected chi connectivity index (χ3v) is 5.33. The standard InChI is InChI=1S/C20H24O7/c1-5-11(2)17(22)26-15-9-19(4)6-7-20(24,27-19)13(10-21)8-14-16(15)12(3)18(23)25-14/h5-8,14-16,21,24H,3,9-10H2,1-2,4H3/b11-5-,13-8-/t14-,15-,16+,19+,20-/m1/s1. The summed E-state index contributed by atoms with van der Waals surface area (Å²) in [5.74, 6) is -3.58. The van der Waals surface area contributed by atoms with Crippen LogP contribution in [0, 0.1) is 5.92 Å². The highest BCUT2D eigenvalue weighted by molar-refractivity contribution is 5.92. The van der Waals surface area contributed by atoms with Gasteiger partial charge in [0.25, 0.3) is 0 Å². The van der Waals surface area contributed by atoms with Crippen molar-refractivity contribution < 1.29 is 34.0 Å². The third kappa shape index (κ3) is 3.38. The molecule has 0 aromatic heterocycles. The highest BCUT2D eigenvalue weighted by atomic mass is 16.6. The molecule has 146 valence electrons. The Hall–Kier alpha value is -2.22.